The highest BCUT2D eigenvalue weighted by atomic mass is 32.1. The van der Waals surface area contributed by atoms with Crippen molar-refractivity contribution in [1.82, 2.24) is 5.32 Å². The molecule has 1 rings (SSSR count). The summed E-state index contributed by atoms with van der Waals surface area (Å²) in [5.74, 6) is 0.592. The lowest BCUT2D eigenvalue weighted by atomic mass is 10.0. The monoisotopic (exact) mass is 255 g/mol. The molecule has 0 spiro atoms. The average molecular weight is 255 g/mol. The second kappa shape index (κ2) is 7.85. The Morgan fingerprint density at radius 2 is 2.18 bits per heavy atom. The van der Waals surface area contributed by atoms with Crippen molar-refractivity contribution in [3.63, 3.8) is 0 Å². The average Bonchev–Trinajstić information content (AvgIpc) is 2.80. The topological polar surface area (TPSA) is 21.3 Å². The fraction of sp³-hybridized carbons (Fsp3) is 0.714. The summed E-state index contributed by atoms with van der Waals surface area (Å²) in [5, 5.41) is 5.90. The van der Waals surface area contributed by atoms with Gasteiger partial charge in [-0.05, 0) is 23.8 Å². The molecule has 2 atom stereocenters. The molecule has 0 radical (unpaired) electrons. The molecule has 0 saturated heterocycles. The van der Waals surface area contributed by atoms with Gasteiger partial charge in [0.1, 0.15) is 0 Å². The van der Waals surface area contributed by atoms with Crippen LogP contribution in [0.3, 0.4) is 0 Å². The van der Waals surface area contributed by atoms with Crippen molar-refractivity contribution in [2.24, 2.45) is 5.92 Å². The van der Waals surface area contributed by atoms with Crippen LogP contribution in [0.2, 0.25) is 0 Å². The van der Waals surface area contributed by atoms with Gasteiger partial charge >= 0.3 is 0 Å². The summed E-state index contributed by atoms with van der Waals surface area (Å²) in [5.41, 5.74) is 0. The number of ether oxygens (including phenoxy) is 1. The van der Waals surface area contributed by atoms with Gasteiger partial charge in [-0.3, -0.25) is 0 Å². The van der Waals surface area contributed by atoms with E-state index < -0.39 is 0 Å². The highest BCUT2D eigenvalue weighted by Gasteiger charge is 2.19. The number of thiophene rings is 1. The van der Waals surface area contributed by atoms with E-state index in [2.05, 4.69) is 43.6 Å². The van der Waals surface area contributed by atoms with E-state index in [0.717, 1.165) is 6.61 Å². The van der Waals surface area contributed by atoms with E-state index in [-0.39, 0.29) is 0 Å². The second-order valence-corrected chi connectivity index (χ2v) is 5.81. The van der Waals surface area contributed by atoms with Crippen LogP contribution < -0.4 is 5.32 Å². The quantitative estimate of drug-likeness (QED) is 0.762. The molecule has 0 fully saturated rings. The minimum Gasteiger partial charge on any atom is -0.383 e. The van der Waals surface area contributed by atoms with Crippen LogP contribution in [0.15, 0.2) is 17.5 Å². The van der Waals surface area contributed by atoms with Gasteiger partial charge in [-0.1, -0.05) is 33.3 Å². The maximum absolute atomic E-state index is 5.30. The molecule has 0 amide bonds. The van der Waals surface area contributed by atoms with Gasteiger partial charge in [0.15, 0.2) is 0 Å². The van der Waals surface area contributed by atoms with Crippen LogP contribution in [0.1, 0.15) is 44.5 Å². The first-order chi connectivity index (χ1) is 8.19. The number of methoxy groups -OCH3 is 1. The Morgan fingerprint density at radius 3 is 2.65 bits per heavy atom. The molecule has 0 saturated carbocycles. The maximum Gasteiger partial charge on any atom is 0.0618 e. The standard InChI is InChI=1S/C14H25NOS/c1-5-7-12(14-8-6-9-17-14)15-13(10-16-4)11(2)3/h6,8-9,11-13,15H,5,7,10H2,1-4H3. The minimum atomic E-state index is 0.429. The third kappa shape index (κ3) is 4.78. The third-order valence-corrected chi connectivity index (χ3v) is 4.02. The lowest BCUT2D eigenvalue weighted by Gasteiger charge is -2.27. The first kappa shape index (κ1) is 14.7. The van der Waals surface area contributed by atoms with Crippen molar-refractivity contribution in [2.45, 2.75) is 45.7 Å². The van der Waals surface area contributed by atoms with Crippen LogP contribution in [0, 0.1) is 5.92 Å². The van der Waals surface area contributed by atoms with Gasteiger partial charge in [0.05, 0.1) is 6.61 Å². The van der Waals surface area contributed by atoms with Crippen LogP contribution in [0.4, 0.5) is 0 Å². The molecule has 1 N–H and O–H groups in total. The highest BCUT2D eigenvalue weighted by molar-refractivity contribution is 7.10. The number of hydrogen-bond donors (Lipinski definition) is 1. The van der Waals surface area contributed by atoms with Gasteiger partial charge in [0.2, 0.25) is 0 Å². The van der Waals surface area contributed by atoms with Crippen molar-refractivity contribution >= 4 is 11.3 Å². The number of hydrogen-bond acceptors (Lipinski definition) is 3. The van der Waals surface area contributed by atoms with Gasteiger partial charge in [-0.2, -0.15) is 0 Å². The smallest absolute Gasteiger partial charge is 0.0618 e. The minimum absolute atomic E-state index is 0.429. The van der Waals surface area contributed by atoms with Gasteiger partial charge in [0.25, 0.3) is 0 Å². The lowest BCUT2D eigenvalue weighted by Crippen LogP contribution is -2.39. The Labute approximate surface area is 109 Å². The molecule has 1 aromatic rings. The molecule has 2 unspecified atom stereocenters. The molecule has 0 bridgehead atoms. The van der Waals surface area contributed by atoms with Crippen molar-refractivity contribution < 1.29 is 4.74 Å². The Balaban J connectivity index is 2.64. The molecule has 0 aromatic carbocycles. The van der Waals surface area contributed by atoms with Crippen LogP contribution in [-0.2, 0) is 4.74 Å². The van der Waals surface area contributed by atoms with E-state index in [1.165, 1.54) is 17.7 Å². The van der Waals surface area contributed by atoms with Gasteiger partial charge in [-0.15, -0.1) is 11.3 Å². The number of rotatable bonds is 8. The summed E-state index contributed by atoms with van der Waals surface area (Å²) < 4.78 is 5.30. The predicted molar refractivity (Wildman–Crippen MR) is 75.6 cm³/mol. The largest absolute Gasteiger partial charge is 0.383 e. The fourth-order valence-electron chi connectivity index (χ4n) is 1.96. The van der Waals surface area contributed by atoms with Gasteiger partial charge < -0.3 is 10.1 Å². The molecule has 17 heavy (non-hydrogen) atoms. The summed E-state index contributed by atoms with van der Waals surface area (Å²) >= 11 is 1.84. The van der Waals surface area contributed by atoms with E-state index in [0.29, 0.717) is 18.0 Å². The molecule has 0 aliphatic rings. The zero-order chi connectivity index (χ0) is 12.7. The Hall–Kier alpha value is -0.380. The van der Waals surface area contributed by atoms with E-state index in [4.69, 9.17) is 4.74 Å². The summed E-state index contributed by atoms with van der Waals surface area (Å²) in [6.07, 6.45) is 2.39. The fourth-order valence-corrected chi connectivity index (χ4v) is 2.78. The molecule has 98 valence electrons. The van der Waals surface area contributed by atoms with Crippen LogP contribution in [-0.4, -0.2) is 19.8 Å². The van der Waals surface area contributed by atoms with Gasteiger partial charge in [-0.25, -0.2) is 0 Å². The molecule has 0 aliphatic carbocycles. The van der Waals surface area contributed by atoms with E-state index in [9.17, 15) is 0 Å². The summed E-state index contributed by atoms with van der Waals surface area (Å²) in [6.45, 7) is 7.51. The van der Waals surface area contributed by atoms with Crippen LogP contribution in [0.25, 0.3) is 0 Å². The molecular formula is C14H25NOS. The Bertz CT molecular complexity index is 284. The summed E-state index contributed by atoms with van der Waals surface area (Å²) in [4.78, 5) is 1.44. The second-order valence-electron chi connectivity index (χ2n) is 4.83. The molecule has 2 nitrogen and oxygen atoms in total. The van der Waals surface area contributed by atoms with E-state index >= 15 is 0 Å². The van der Waals surface area contributed by atoms with Crippen molar-refractivity contribution in [3.05, 3.63) is 22.4 Å². The van der Waals surface area contributed by atoms with Crippen molar-refractivity contribution in [2.75, 3.05) is 13.7 Å². The lowest BCUT2D eigenvalue weighted by molar-refractivity contribution is 0.139. The zero-order valence-corrected chi connectivity index (χ0v) is 12.2. The van der Waals surface area contributed by atoms with Gasteiger partial charge in [0, 0.05) is 24.1 Å². The predicted octanol–water partition coefficient (Wildman–Crippen LogP) is 3.85. The molecule has 1 heterocycles. The highest BCUT2D eigenvalue weighted by Crippen LogP contribution is 2.24. The summed E-state index contributed by atoms with van der Waals surface area (Å²) in [6, 6.07) is 5.26. The molecular weight excluding hydrogens is 230 g/mol. The van der Waals surface area contributed by atoms with Crippen molar-refractivity contribution in [3.8, 4) is 0 Å². The SMILES string of the molecule is CCCC(NC(COC)C(C)C)c1cccs1. The third-order valence-electron chi connectivity index (χ3n) is 3.03. The molecule has 0 aliphatic heterocycles. The van der Waals surface area contributed by atoms with E-state index in [1.807, 2.05) is 11.3 Å². The Kier molecular flexibility index (Phi) is 6.78. The molecule has 1 aromatic heterocycles. The first-order valence-electron chi connectivity index (χ1n) is 6.47. The molecule has 3 heteroatoms. The van der Waals surface area contributed by atoms with Crippen LogP contribution >= 0.6 is 11.3 Å². The van der Waals surface area contributed by atoms with Crippen molar-refractivity contribution in [1.29, 1.82) is 0 Å². The maximum atomic E-state index is 5.30. The summed E-state index contributed by atoms with van der Waals surface area (Å²) in [7, 11) is 1.77. The zero-order valence-electron chi connectivity index (χ0n) is 11.4. The number of nitrogens with one attached hydrogen (secondary N) is 1. The Morgan fingerprint density at radius 1 is 1.41 bits per heavy atom. The van der Waals surface area contributed by atoms with E-state index in [1.54, 1.807) is 7.11 Å². The van der Waals surface area contributed by atoms with Crippen LogP contribution in [0.5, 0.6) is 0 Å². The normalized spacial score (nSPS) is 15.1. The first-order valence-corrected chi connectivity index (χ1v) is 7.35.